The lowest BCUT2D eigenvalue weighted by Crippen LogP contribution is -2.35. The second-order valence-corrected chi connectivity index (χ2v) is 10.6. The molecular weight excluding hydrogens is 444 g/mol. The largest absolute Gasteiger partial charge is 0.308 e. The average Bonchev–Trinajstić information content (AvgIpc) is 3.54. The van der Waals surface area contributed by atoms with Crippen LogP contribution in [0.25, 0.3) is 0 Å². The van der Waals surface area contributed by atoms with Crippen molar-refractivity contribution in [2.75, 3.05) is 5.32 Å². The number of hydrogen-bond donors (Lipinski definition) is 1. The molecule has 1 amide bonds. The number of aromatic nitrogens is 3. The number of nitrogens with zero attached hydrogens (tertiary/aromatic N) is 3. The fourth-order valence-corrected chi connectivity index (χ4v) is 5.02. The highest BCUT2D eigenvalue weighted by atomic mass is 16.2. The molecule has 0 saturated heterocycles. The first-order valence-corrected chi connectivity index (χ1v) is 12.7. The van der Waals surface area contributed by atoms with E-state index in [1.165, 1.54) is 28.7 Å². The Balaban J connectivity index is 1.31. The van der Waals surface area contributed by atoms with Crippen molar-refractivity contribution in [3.8, 4) is 0 Å². The van der Waals surface area contributed by atoms with E-state index in [-0.39, 0.29) is 5.91 Å². The molecule has 2 atom stereocenters. The van der Waals surface area contributed by atoms with Gasteiger partial charge in [-0.05, 0) is 81.2 Å². The number of aryl methyl sites for hydroxylation is 2. The molecule has 0 aliphatic heterocycles. The van der Waals surface area contributed by atoms with Gasteiger partial charge in [-0.25, -0.2) is 0 Å². The lowest BCUT2D eigenvalue weighted by atomic mass is 9.87. The monoisotopic (exact) mass is 478 g/mol. The van der Waals surface area contributed by atoms with Gasteiger partial charge in [0.15, 0.2) is 5.82 Å². The summed E-state index contributed by atoms with van der Waals surface area (Å²) in [6, 6.07) is 25.2. The van der Waals surface area contributed by atoms with Crippen LogP contribution in [0.5, 0.6) is 0 Å². The molecule has 0 radical (unpaired) electrons. The molecule has 0 spiro atoms. The van der Waals surface area contributed by atoms with Crippen molar-refractivity contribution in [2.45, 2.75) is 58.4 Å². The number of nitrogens with one attached hydrogen (secondary N) is 1. The molecule has 0 bridgehead atoms. The Morgan fingerprint density at radius 3 is 2.56 bits per heavy atom. The van der Waals surface area contributed by atoms with Gasteiger partial charge in [-0.2, -0.15) is 5.10 Å². The van der Waals surface area contributed by atoms with Gasteiger partial charge in [-0.15, -0.1) is 0 Å². The summed E-state index contributed by atoms with van der Waals surface area (Å²) in [7, 11) is 0. The predicted octanol–water partition coefficient (Wildman–Crippen LogP) is 6.21. The first-order valence-electron chi connectivity index (χ1n) is 12.7. The molecule has 5 heteroatoms. The van der Waals surface area contributed by atoms with Gasteiger partial charge in [0.25, 0.3) is 0 Å². The zero-order valence-corrected chi connectivity index (χ0v) is 21.5. The van der Waals surface area contributed by atoms with Crippen LogP contribution in [0.15, 0.2) is 79.0 Å². The summed E-state index contributed by atoms with van der Waals surface area (Å²) in [5.74, 6) is 1.74. The summed E-state index contributed by atoms with van der Waals surface area (Å²) in [5, 5.41) is 7.77. The molecule has 1 aliphatic rings. The highest BCUT2D eigenvalue weighted by Gasteiger charge is 2.39. The minimum absolute atomic E-state index is 0.121. The molecule has 36 heavy (non-hydrogen) atoms. The Kier molecular flexibility index (Phi) is 6.48. The molecule has 2 aromatic carbocycles. The quantitative estimate of drug-likeness (QED) is 0.328. The van der Waals surface area contributed by atoms with E-state index in [4.69, 9.17) is 5.10 Å². The number of carbonyl (C=O) groups excluding carboxylic acids is 1. The van der Waals surface area contributed by atoms with Crippen molar-refractivity contribution in [1.29, 1.82) is 0 Å². The molecule has 1 aliphatic carbocycles. The molecule has 5 rings (SSSR count). The second-order valence-electron chi connectivity index (χ2n) is 10.6. The Morgan fingerprint density at radius 2 is 1.81 bits per heavy atom. The lowest BCUT2D eigenvalue weighted by molar-refractivity contribution is -0.120. The Morgan fingerprint density at radius 1 is 1.03 bits per heavy atom. The van der Waals surface area contributed by atoms with Gasteiger partial charge in [0.2, 0.25) is 5.91 Å². The Labute approximate surface area is 213 Å². The minimum atomic E-state index is -0.762. The van der Waals surface area contributed by atoms with E-state index in [0.29, 0.717) is 24.2 Å². The van der Waals surface area contributed by atoms with Crippen LogP contribution < -0.4 is 5.32 Å². The van der Waals surface area contributed by atoms with Gasteiger partial charge in [-0.3, -0.25) is 14.5 Å². The van der Waals surface area contributed by atoms with Crippen LogP contribution >= 0.6 is 0 Å². The summed E-state index contributed by atoms with van der Waals surface area (Å²) in [5.41, 5.74) is 6.40. The zero-order chi connectivity index (χ0) is 25.3. The maximum absolute atomic E-state index is 13.1. The first kappa shape index (κ1) is 24.0. The van der Waals surface area contributed by atoms with Crippen molar-refractivity contribution in [1.82, 2.24) is 14.8 Å². The summed E-state index contributed by atoms with van der Waals surface area (Å²) in [6.45, 7) is 8.64. The van der Waals surface area contributed by atoms with E-state index in [9.17, 15) is 4.79 Å². The van der Waals surface area contributed by atoms with Gasteiger partial charge in [-0.1, -0.05) is 60.2 Å². The van der Waals surface area contributed by atoms with E-state index in [1.54, 1.807) is 6.20 Å². The first-order chi connectivity index (χ1) is 17.3. The number of hydrogen-bond acceptors (Lipinski definition) is 3. The summed E-state index contributed by atoms with van der Waals surface area (Å²) >= 11 is 0. The van der Waals surface area contributed by atoms with Gasteiger partial charge in [0.05, 0.1) is 17.7 Å². The van der Waals surface area contributed by atoms with Crippen molar-refractivity contribution in [3.05, 3.63) is 113 Å². The predicted molar refractivity (Wildman–Crippen MR) is 144 cm³/mol. The Bertz CT molecular complexity index is 1360. The van der Waals surface area contributed by atoms with E-state index in [0.717, 1.165) is 17.8 Å². The molecule has 184 valence electrons. The van der Waals surface area contributed by atoms with Crippen LogP contribution in [0.1, 0.15) is 59.8 Å². The van der Waals surface area contributed by atoms with Crippen LogP contribution in [-0.2, 0) is 23.2 Å². The fraction of sp³-hybridized carbons (Fsp3) is 0.323. The minimum Gasteiger partial charge on any atom is -0.308 e. The van der Waals surface area contributed by atoms with Gasteiger partial charge < -0.3 is 5.32 Å². The lowest BCUT2D eigenvalue weighted by Gasteiger charge is -2.22. The highest BCUT2D eigenvalue weighted by Crippen LogP contribution is 2.50. The topological polar surface area (TPSA) is 59.8 Å². The molecule has 2 aromatic heterocycles. The summed E-state index contributed by atoms with van der Waals surface area (Å²) in [6.07, 6.45) is 4.07. The summed E-state index contributed by atoms with van der Waals surface area (Å²) in [4.78, 5) is 17.5. The molecule has 1 N–H and O–H groups in total. The molecule has 1 fully saturated rings. The summed E-state index contributed by atoms with van der Waals surface area (Å²) < 4.78 is 2.00. The molecule has 5 nitrogen and oxygen atoms in total. The average molecular weight is 479 g/mol. The van der Waals surface area contributed by atoms with Crippen molar-refractivity contribution < 1.29 is 4.79 Å². The molecular formula is C31H34N4O. The number of rotatable bonds is 8. The third-order valence-corrected chi connectivity index (χ3v) is 7.38. The number of anilines is 1. The highest BCUT2D eigenvalue weighted by molar-refractivity contribution is 5.97. The number of amides is 1. The van der Waals surface area contributed by atoms with Gasteiger partial charge in [0, 0.05) is 18.0 Å². The third kappa shape index (κ3) is 5.11. The van der Waals surface area contributed by atoms with E-state index >= 15 is 0 Å². The smallest absolute Gasteiger partial charge is 0.237 e. The van der Waals surface area contributed by atoms with Crippen LogP contribution in [0.2, 0.25) is 0 Å². The molecule has 4 aromatic rings. The SMILES string of the molecule is Cc1ccc(C2CC2Cc2ccccc2)c(Cn2nc(NC(=O)C(C)(C)c3ccccn3)cc2C)c1. The Hall–Kier alpha value is -3.73. The maximum atomic E-state index is 13.1. The van der Waals surface area contributed by atoms with Crippen LogP contribution in [0, 0.1) is 19.8 Å². The van der Waals surface area contributed by atoms with Crippen molar-refractivity contribution >= 4 is 11.7 Å². The standard InChI is InChI=1S/C31H34N4O/c1-21-13-14-26(27-19-24(27)18-23-10-6-5-7-11-23)25(16-21)20-35-22(2)17-29(34-35)33-30(36)31(3,4)28-12-8-9-15-32-28/h5-17,24,27H,18-20H2,1-4H3,(H,33,34,36). The number of benzene rings is 2. The third-order valence-electron chi connectivity index (χ3n) is 7.38. The van der Waals surface area contributed by atoms with Crippen LogP contribution in [0.3, 0.4) is 0 Å². The normalized spacial score (nSPS) is 17.1. The second kappa shape index (κ2) is 9.73. The van der Waals surface area contributed by atoms with Crippen molar-refractivity contribution in [2.24, 2.45) is 5.92 Å². The molecule has 2 unspecified atom stereocenters. The molecule has 1 saturated carbocycles. The zero-order valence-electron chi connectivity index (χ0n) is 21.5. The number of pyridine rings is 1. The van der Waals surface area contributed by atoms with E-state index in [1.807, 2.05) is 49.7 Å². The van der Waals surface area contributed by atoms with Crippen LogP contribution in [0.4, 0.5) is 5.82 Å². The van der Waals surface area contributed by atoms with Gasteiger partial charge in [0.1, 0.15) is 0 Å². The van der Waals surface area contributed by atoms with E-state index in [2.05, 4.69) is 65.8 Å². The van der Waals surface area contributed by atoms with Crippen molar-refractivity contribution in [3.63, 3.8) is 0 Å². The fourth-order valence-electron chi connectivity index (χ4n) is 5.02. The number of carbonyl (C=O) groups is 1. The molecule has 2 heterocycles. The maximum Gasteiger partial charge on any atom is 0.237 e. The van der Waals surface area contributed by atoms with E-state index < -0.39 is 5.41 Å². The van der Waals surface area contributed by atoms with Gasteiger partial charge >= 0.3 is 0 Å². The van der Waals surface area contributed by atoms with Crippen LogP contribution in [-0.4, -0.2) is 20.7 Å².